The Morgan fingerprint density at radius 2 is 1.64 bits per heavy atom. The van der Waals surface area contributed by atoms with Gasteiger partial charge in [-0.15, -0.1) is 11.6 Å². The van der Waals surface area contributed by atoms with Crippen molar-refractivity contribution >= 4 is 34.2 Å². The van der Waals surface area contributed by atoms with E-state index in [-0.39, 0.29) is 24.5 Å². The molecule has 0 aliphatic carbocycles. The molecule has 0 radical (unpaired) electrons. The maximum Gasteiger partial charge on any atom is 0.132 e. The monoisotopic (exact) mass is 589 g/mol. The smallest absolute Gasteiger partial charge is 0.132 e. The predicted octanol–water partition coefficient (Wildman–Crippen LogP) is 3.67. The lowest BCUT2D eigenvalue weighted by Gasteiger charge is -2.28. The van der Waals surface area contributed by atoms with Crippen molar-refractivity contribution in [3.05, 3.63) is 57.2 Å². The van der Waals surface area contributed by atoms with Crippen molar-refractivity contribution in [2.75, 3.05) is 51.9 Å². The molecule has 1 saturated heterocycles. The molecule has 182 valence electrons. The molecule has 6 nitrogen and oxygen atoms in total. The van der Waals surface area contributed by atoms with Gasteiger partial charge in [0.2, 0.25) is 0 Å². The molecule has 0 amide bonds. The van der Waals surface area contributed by atoms with Crippen molar-refractivity contribution in [1.82, 2.24) is 4.90 Å². The van der Waals surface area contributed by atoms with Crippen LogP contribution in [0.2, 0.25) is 0 Å². The van der Waals surface area contributed by atoms with Crippen LogP contribution in [0.25, 0.3) is 0 Å². The molecule has 0 aromatic heterocycles. The Bertz CT molecular complexity index is 874. The molecule has 0 bridgehead atoms. The van der Waals surface area contributed by atoms with Crippen LogP contribution in [0.1, 0.15) is 25.0 Å². The molecule has 1 heterocycles. The minimum Gasteiger partial charge on any atom is -0.491 e. The summed E-state index contributed by atoms with van der Waals surface area (Å²) in [6, 6.07) is 14.1. The van der Waals surface area contributed by atoms with E-state index in [0.717, 1.165) is 52.5 Å². The SMILES string of the molecule is CC(C)(c1ccc(OC[C@H](O)CN2CCOCC2)cc1)c1ccc(OC[C@H](O)CCl)c(I)c1. The Hall–Kier alpha value is -1.10. The van der Waals surface area contributed by atoms with E-state index in [1.165, 1.54) is 0 Å². The Kier molecular flexibility index (Phi) is 10.1. The van der Waals surface area contributed by atoms with Gasteiger partial charge >= 0.3 is 0 Å². The number of morpholine rings is 1. The van der Waals surface area contributed by atoms with Crippen molar-refractivity contribution in [3.63, 3.8) is 0 Å². The molecule has 8 heteroatoms. The third-order valence-electron chi connectivity index (χ3n) is 5.85. The van der Waals surface area contributed by atoms with E-state index < -0.39 is 12.2 Å². The number of aliphatic hydroxyl groups is 2. The van der Waals surface area contributed by atoms with Gasteiger partial charge in [0.05, 0.1) is 22.7 Å². The number of rotatable bonds is 11. The van der Waals surface area contributed by atoms with Gasteiger partial charge in [0.1, 0.15) is 36.9 Å². The molecule has 1 aliphatic heterocycles. The van der Waals surface area contributed by atoms with E-state index in [1.54, 1.807) is 0 Å². The number of halogens is 2. The second kappa shape index (κ2) is 12.6. The Morgan fingerprint density at radius 3 is 2.27 bits per heavy atom. The zero-order valence-electron chi connectivity index (χ0n) is 19.2. The number of β-amino-alcohol motifs (C(OH)–C–C–N with tert-alkyl or cyclic N) is 1. The second-order valence-corrected chi connectivity index (χ2v) is 10.3. The van der Waals surface area contributed by atoms with Crippen LogP contribution < -0.4 is 9.47 Å². The summed E-state index contributed by atoms with van der Waals surface area (Å²) >= 11 is 7.89. The fraction of sp³-hybridized carbons (Fsp3) is 0.520. The highest BCUT2D eigenvalue weighted by Gasteiger charge is 2.24. The van der Waals surface area contributed by atoms with Gasteiger partial charge in [0, 0.05) is 25.0 Å². The first kappa shape index (κ1) is 26.5. The molecule has 3 rings (SSSR count). The molecular weight excluding hydrogens is 557 g/mol. The minimum absolute atomic E-state index is 0.147. The van der Waals surface area contributed by atoms with Crippen LogP contribution in [0, 0.1) is 3.57 Å². The van der Waals surface area contributed by atoms with Gasteiger partial charge in [-0.1, -0.05) is 32.0 Å². The molecular formula is C25H33ClINO5. The van der Waals surface area contributed by atoms with Crippen LogP contribution >= 0.6 is 34.2 Å². The summed E-state index contributed by atoms with van der Waals surface area (Å²) < 4.78 is 17.8. The van der Waals surface area contributed by atoms with E-state index in [1.807, 2.05) is 18.2 Å². The van der Waals surface area contributed by atoms with Crippen LogP contribution in [0.4, 0.5) is 0 Å². The Balaban J connectivity index is 1.57. The summed E-state index contributed by atoms with van der Waals surface area (Å²) in [7, 11) is 0. The van der Waals surface area contributed by atoms with Gasteiger partial charge in [-0.3, -0.25) is 4.90 Å². The van der Waals surface area contributed by atoms with Crippen LogP contribution in [0.3, 0.4) is 0 Å². The molecule has 33 heavy (non-hydrogen) atoms. The normalized spacial score (nSPS) is 16.9. The van der Waals surface area contributed by atoms with E-state index >= 15 is 0 Å². The fourth-order valence-corrected chi connectivity index (χ4v) is 4.46. The van der Waals surface area contributed by atoms with E-state index in [4.69, 9.17) is 25.8 Å². The maximum atomic E-state index is 10.3. The molecule has 0 saturated carbocycles. The topological polar surface area (TPSA) is 71.4 Å². The van der Waals surface area contributed by atoms with Gasteiger partial charge in [0.15, 0.2) is 0 Å². The van der Waals surface area contributed by atoms with Crippen LogP contribution in [-0.2, 0) is 10.2 Å². The minimum atomic E-state index is -0.681. The first-order valence-electron chi connectivity index (χ1n) is 11.2. The van der Waals surface area contributed by atoms with Crippen molar-refractivity contribution in [2.45, 2.75) is 31.5 Å². The fourth-order valence-electron chi connectivity index (χ4n) is 3.70. The number of hydrogen-bond donors (Lipinski definition) is 2. The molecule has 1 aliphatic rings. The number of ether oxygens (including phenoxy) is 3. The number of nitrogens with zero attached hydrogens (tertiary/aromatic N) is 1. The number of benzene rings is 2. The number of hydrogen-bond acceptors (Lipinski definition) is 6. The first-order valence-corrected chi connectivity index (χ1v) is 12.8. The van der Waals surface area contributed by atoms with Gasteiger partial charge in [-0.05, 0) is 58.0 Å². The summed E-state index contributed by atoms with van der Waals surface area (Å²) in [5, 5.41) is 19.9. The van der Waals surface area contributed by atoms with Crippen molar-refractivity contribution < 1.29 is 24.4 Å². The van der Waals surface area contributed by atoms with Gasteiger partial charge in [0.25, 0.3) is 0 Å². The summed E-state index contributed by atoms with van der Waals surface area (Å²) in [5.74, 6) is 1.62. The molecule has 2 aromatic rings. The van der Waals surface area contributed by atoms with E-state index in [0.29, 0.717) is 6.54 Å². The quantitative estimate of drug-likeness (QED) is 0.308. The molecule has 0 unspecified atom stereocenters. The number of aliphatic hydroxyl groups excluding tert-OH is 2. The van der Waals surface area contributed by atoms with Crippen LogP contribution in [-0.4, -0.2) is 79.3 Å². The lowest BCUT2D eigenvalue weighted by molar-refractivity contribution is 0.00465. The predicted molar refractivity (Wildman–Crippen MR) is 139 cm³/mol. The molecule has 2 atom stereocenters. The van der Waals surface area contributed by atoms with E-state index in [9.17, 15) is 10.2 Å². The highest BCUT2D eigenvalue weighted by atomic mass is 127. The Labute approximate surface area is 214 Å². The second-order valence-electron chi connectivity index (χ2n) is 8.79. The van der Waals surface area contributed by atoms with Gasteiger partial charge < -0.3 is 24.4 Å². The first-order chi connectivity index (χ1) is 15.8. The van der Waals surface area contributed by atoms with Crippen LogP contribution in [0.15, 0.2) is 42.5 Å². The average Bonchev–Trinajstić information content (AvgIpc) is 2.82. The third kappa shape index (κ3) is 7.70. The van der Waals surface area contributed by atoms with Crippen LogP contribution in [0.5, 0.6) is 11.5 Å². The molecule has 2 N–H and O–H groups in total. The van der Waals surface area contributed by atoms with Gasteiger partial charge in [-0.25, -0.2) is 0 Å². The summed E-state index contributed by atoms with van der Waals surface area (Å²) in [4.78, 5) is 2.20. The lowest BCUT2D eigenvalue weighted by Crippen LogP contribution is -2.42. The summed E-state index contributed by atoms with van der Waals surface area (Å²) in [6.45, 7) is 8.52. The van der Waals surface area contributed by atoms with Gasteiger partial charge in [-0.2, -0.15) is 0 Å². The van der Waals surface area contributed by atoms with Crippen molar-refractivity contribution in [3.8, 4) is 11.5 Å². The average molecular weight is 590 g/mol. The maximum absolute atomic E-state index is 10.3. The highest BCUT2D eigenvalue weighted by Crippen LogP contribution is 2.35. The zero-order valence-corrected chi connectivity index (χ0v) is 22.1. The lowest BCUT2D eigenvalue weighted by atomic mass is 9.78. The third-order valence-corrected chi connectivity index (χ3v) is 7.05. The van der Waals surface area contributed by atoms with Crippen molar-refractivity contribution in [1.29, 1.82) is 0 Å². The largest absolute Gasteiger partial charge is 0.491 e. The van der Waals surface area contributed by atoms with E-state index in [2.05, 4.69) is 65.6 Å². The molecule has 1 fully saturated rings. The standard InChI is InChI=1S/C25H33ClINO5/c1-25(2,19-5-8-24(23(27)13-19)33-16-20(29)14-26)18-3-6-22(7-4-18)32-17-21(30)15-28-9-11-31-12-10-28/h3-8,13,20-21,29-30H,9-12,14-17H2,1-2H3/t20-,21-/m1/s1. The summed E-state index contributed by atoms with van der Waals surface area (Å²) in [6.07, 6.45) is -1.22. The highest BCUT2D eigenvalue weighted by molar-refractivity contribution is 14.1. The zero-order chi connectivity index (χ0) is 23.8. The Morgan fingerprint density at radius 1 is 1.00 bits per heavy atom. The summed E-state index contributed by atoms with van der Waals surface area (Å²) in [5.41, 5.74) is 2.10. The van der Waals surface area contributed by atoms with Crippen molar-refractivity contribution in [2.24, 2.45) is 0 Å². The molecule has 2 aromatic carbocycles. The number of alkyl halides is 1. The molecule has 0 spiro atoms.